The van der Waals surface area contributed by atoms with Gasteiger partial charge in [0.15, 0.2) is 0 Å². The molecule has 0 aromatic heterocycles. The van der Waals surface area contributed by atoms with Crippen molar-refractivity contribution in [2.45, 2.75) is 20.8 Å². The molecule has 54 valence electrons. The molecular formula is C6H12KNO2. The number of hydrogen-bond acceptors (Lipinski definition) is 2. The van der Waals surface area contributed by atoms with E-state index in [0.29, 0.717) is 6.54 Å². The smallest absolute Gasteiger partial charge is 1.00 e. The van der Waals surface area contributed by atoms with Gasteiger partial charge in [0, 0.05) is 20.4 Å². The van der Waals surface area contributed by atoms with Gasteiger partial charge >= 0.3 is 51.4 Å². The summed E-state index contributed by atoms with van der Waals surface area (Å²) in [5.41, 5.74) is 0. The van der Waals surface area contributed by atoms with Gasteiger partial charge in [-0.15, -0.1) is 0 Å². The second kappa shape index (κ2) is 6.48. The Hall–Kier alpha value is 0.776. The molecule has 0 saturated heterocycles. The van der Waals surface area contributed by atoms with E-state index in [4.69, 9.17) is 0 Å². The minimum absolute atomic E-state index is 0. The van der Waals surface area contributed by atoms with Gasteiger partial charge in [-0.1, -0.05) is 0 Å². The normalized spacial score (nSPS) is 7.90. The quantitative estimate of drug-likeness (QED) is 0.408. The standard InChI is InChI=1S/C6H11NO2.K.H/c1-4-7(5(2)8)6(3)9;;/h4H2,1-3H3;;/q;+1;-1. The molecule has 0 unspecified atom stereocenters. The molecule has 0 spiro atoms. The number of carbonyl (C=O) groups excluding carboxylic acids is 2. The van der Waals surface area contributed by atoms with Gasteiger partial charge < -0.3 is 1.43 Å². The molecule has 0 saturated carbocycles. The van der Waals surface area contributed by atoms with Gasteiger partial charge in [-0.3, -0.25) is 14.5 Å². The van der Waals surface area contributed by atoms with E-state index >= 15 is 0 Å². The molecule has 0 atom stereocenters. The molecule has 0 aromatic rings. The molecule has 0 radical (unpaired) electrons. The summed E-state index contributed by atoms with van der Waals surface area (Å²) in [5.74, 6) is -0.380. The second-order valence-electron chi connectivity index (χ2n) is 1.78. The molecule has 0 heterocycles. The number of carbonyl (C=O) groups is 2. The van der Waals surface area contributed by atoms with Crippen molar-refractivity contribution < 1.29 is 62.4 Å². The van der Waals surface area contributed by atoms with Crippen molar-refractivity contribution in [3.63, 3.8) is 0 Å². The van der Waals surface area contributed by atoms with E-state index < -0.39 is 0 Å². The first-order valence-electron chi connectivity index (χ1n) is 2.88. The maximum Gasteiger partial charge on any atom is 1.00 e. The summed E-state index contributed by atoms with van der Waals surface area (Å²) >= 11 is 0. The molecule has 0 rings (SSSR count). The van der Waals surface area contributed by atoms with E-state index in [1.54, 1.807) is 6.92 Å². The van der Waals surface area contributed by atoms with Gasteiger partial charge in [-0.2, -0.15) is 0 Å². The average molecular weight is 169 g/mol. The van der Waals surface area contributed by atoms with Crippen LogP contribution in [0.15, 0.2) is 0 Å². The Balaban J connectivity index is -0.000000320. The fourth-order valence-electron chi connectivity index (χ4n) is 0.667. The Bertz CT molecular complexity index is 127. The summed E-state index contributed by atoms with van der Waals surface area (Å²) in [6, 6.07) is 0. The molecule has 0 fully saturated rings. The molecule has 0 bridgehead atoms. The van der Waals surface area contributed by atoms with E-state index in [0.717, 1.165) is 0 Å². The van der Waals surface area contributed by atoms with Gasteiger partial charge in [0.25, 0.3) is 0 Å². The molecule has 0 aliphatic rings. The number of hydrogen-bond donors (Lipinski definition) is 0. The first-order valence-corrected chi connectivity index (χ1v) is 2.88. The average Bonchev–Trinajstić information content (AvgIpc) is 1.64. The summed E-state index contributed by atoms with van der Waals surface area (Å²) in [7, 11) is 0. The summed E-state index contributed by atoms with van der Waals surface area (Å²) in [6.07, 6.45) is 0. The molecule has 4 heteroatoms. The monoisotopic (exact) mass is 169 g/mol. The van der Waals surface area contributed by atoms with Crippen LogP contribution in [0.2, 0.25) is 0 Å². The van der Waals surface area contributed by atoms with Crippen molar-refractivity contribution >= 4 is 11.8 Å². The molecule has 0 aliphatic heterocycles. The third kappa shape index (κ3) is 4.57. The third-order valence-electron chi connectivity index (χ3n) is 1.08. The number of amides is 2. The van der Waals surface area contributed by atoms with E-state index in [-0.39, 0.29) is 64.6 Å². The van der Waals surface area contributed by atoms with Crippen LogP contribution in [0, 0.1) is 0 Å². The van der Waals surface area contributed by atoms with Crippen molar-refractivity contribution in [1.82, 2.24) is 4.90 Å². The SMILES string of the molecule is CCN(C(C)=O)C(C)=O.[H-].[K+]. The second-order valence-corrected chi connectivity index (χ2v) is 1.78. The van der Waals surface area contributed by atoms with Crippen LogP contribution in [0.1, 0.15) is 22.2 Å². The van der Waals surface area contributed by atoms with Crippen LogP contribution in [0.25, 0.3) is 0 Å². The van der Waals surface area contributed by atoms with Crippen molar-refractivity contribution in [3.8, 4) is 0 Å². The van der Waals surface area contributed by atoms with E-state index in [1.165, 1.54) is 18.7 Å². The van der Waals surface area contributed by atoms with Gasteiger partial charge in [0.1, 0.15) is 0 Å². The number of imide groups is 1. The predicted octanol–water partition coefficient (Wildman–Crippen LogP) is -2.48. The zero-order chi connectivity index (χ0) is 7.44. The molecule has 3 nitrogen and oxygen atoms in total. The largest absolute Gasteiger partial charge is 1.00 e. The Kier molecular flexibility index (Phi) is 8.67. The summed E-state index contributed by atoms with van der Waals surface area (Å²) < 4.78 is 0. The maximum absolute atomic E-state index is 10.5. The fourth-order valence-corrected chi connectivity index (χ4v) is 0.667. The van der Waals surface area contributed by atoms with Crippen LogP contribution < -0.4 is 51.4 Å². The van der Waals surface area contributed by atoms with E-state index in [2.05, 4.69) is 0 Å². The first-order chi connectivity index (χ1) is 4.09. The van der Waals surface area contributed by atoms with Crippen LogP contribution in [-0.2, 0) is 9.59 Å². The molecule has 0 aromatic carbocycles. The number of rotatable bonds is 1. The van der Waals surface area contributed by atoms with Gasteiger partial charge in [-0.25, -0.2) is 0 Å². The zero-order valence-corrected chi connectivity index (χ0v) is 10.1. The molecule has 0 N–H and O–H groups in total. The van der Waals surface area contributed by atoms with Gasteiger partial charge in [0.2, 0.25) is 11.8 Å². The summed E-state index contributed by atoms with van der Waals surface area (Å²) in [6.45, 7) is 4.99. The third-order valence-corrected chi connectivity index (χ3v) is 1.08. The zero-order valence-electron chi connectivity index (χ0n) is 7.97. The van der Waals surface area contributed by atoms with Crippen LogP contribution in [0.4, 0.5) is 0 Å². The van der Waals surface area contributed by atoms with Crippen molar-refractivity contribution in [3.05, 3.63) is 0 Å². The summed E-state index contributed by atoms with van der Waals surface area (Å²) in [5, 5.41) is 0. The Morgan fingerprint density at radius 1 is 1.30 bits per heavy atom. The van der Waals surface area contributed by atoms with Crippen molar-refractivity contribution in [2.75, 3.05) is 6.54 Å². The Morgan fingerprint density at radius 2 is 1.60 bits per heavy atom. The topological polar surface area (TPSA) is 37.4 Å². The van der Waals surface area contributed by atoms with Crippen LogP contribution in [0.3, 0.4) is 0 Å². The number of nitrogens with zero attached hydrogens (tertiary/aromatic N) is 1. The maximum atomic E-state index is 10.5. The van der Waals surface area contributed by atoms with Crippen molar-refractivity contribution in [1.29, 1.82) is 0 Å². The van der Waals surface area contributed by atoms with Gasteiger partial charge in [0.05, 0.1) is 0 Å². The Labute approximate surface area is 105 Å². The van der Waals surface area contributed by atoms with Gasteiger partial charge in [-0.05, 0) is 6.92 Å². The molecule has 2 amide bonds. The first kappa shape index (κ1) is 13.4. The molecular weight excluding hydrogens is 157 g/mol. The molecule has 10 heavy (non-hydrogen) atoms. The fraction of sp³-hybridized carbons (Fsp3) is 0.667. The van der Waals surface area contributed by atoms with Crippen LogP contribution >= 0.6 is 0 Å². The minimum atomic E-state index is -0.190. The minimum Gasteiger partial charge on any atom is -1.00 e. The summed E-state index contributed by atoms with van der Waals surface area (Å²) in [4.78, 5) is 22.2. The van der Waals surface area contributed by atoms with Crippen LogP contribution in [0.5, 0.6) is 0 Å². The Morgan fingerprint density at radius 3 is 1.60 bits per heavy atom. The van der Waals surface area contributed by atoms with E-state index in [1.807, 2.05) is 0 Å². The van der Waals surface area contributed by atoms with Crippen LogP contribution in [-0.4, -0.2) is 23.3 Å². The van der Waals surface area contributed by atoms with Crippen molar-refractivity contribution in [2.24, 2.45) is 0 Å². The van der Waals surface area contributed by atoms with E-state index in [9.17, 15) is 9.59 Å². The predicted molar refractivity (Wildman–Crippen MR) is 34.9 cm³/mol. The molecule has 0 aliphatic carbocycles.